The van der Waals surface area contributed by atoms with Gasteiger partial charge in [0.2, 0.25) is 0 Å². The second kappa shape index (κ2) is 6.90. The van der Waals surface area contributed by atoms with Gasteiger partial charge in [-0.3, -0.25) is 4.79 Å². The van der Waals surface area contributed by atoms with E-state index >= 15 is 0 Å². The number of anilines is 1. The lowest BCUT2D eigenvalue weighted by molar-refractivity contribution is 0.103. The summed E-state index contributed by atoms with van der Waals surface area (Å²) < 4.78 is 0. The number of amides is 1. The average Bonchev–Trinajstić information content (AvgIpc) is 3.00. The standard InChI is InChI=1S/C16H16N2OS/c1-2-13-11-12(5-3-9-17)7-8-14(13)18-16(19)15-6-4-10-20-15/h4,6-8,10-11H,2,9,17H2,1H3,(H,18,19). The third kappa shape index (κ3) is 3.47. The number of thiophene rings is 1. The normalized spacial score (nSPS) is 9.70. The van der Waals surface area contributed by atoms with Crippen LogP contribution in [0.5, 0.6) is 0 Å². The molecule has 2 aromatic rings. The molecular weight excluding hydrogens is 268 g/mol. The van der Waals surface area contributed by atoms with Crippen LogP contribution in [0.2, 0.25) is 0 Å². The summed E-state index contributed by atoms with van der Waals surface area (Å²) in [5.41, 5.74) is 8.19. The highest BCUT2D eigenvalue weighted by molar-refractivity contribution is 7.12. The Morgan fingerprint density at radius 3 is 2.90 bits per heavy atom. The van der Waals surface area contributed by atoms with Gasteiger partial charge >= 0.3 is 0 Å². The molecule has 20 heavy (non-hydrogen) atoms. The van der Waals surface area contributed by atoms with Crippen LogP contribution in [0.3, 0.4) is 0 Å². The van der Waals surface area contributed by atoms with E-state index in [0.717, 1.165) is 23.2 Å². The first-order chi connectivity index (χ1) is 9.74. The Bertz CT molecular complexity index is 651. The molecule has 0 aliphatic rings. The number of rotatable bonds is 3. The number of nitrogens with one attached hydrogen (secondary N) is 1. The van der Waals surface area contributed by atoms with Gasteiger partial charge in [-0.2, -0.15) is 0 Å². The van der Waals surface area contributed by atoms with Crippen molar-refractivity contribution in [1.82, 2.24) is 0 Å². The van der Waals surface area contributed by atoms with Crippen molar-refractivity contribution >= 4 is 22.9 Å². The van der Waals surface area contributed by atoms with E-state index in [1.807, 2.05) is 35.7 Å². The molecule has 0 saturated carbocycles. The van der Waals surface area contributed by atoms with Crippen LogP contribution in [0.4, 0.5) is 5.69 Å². The molecule has 0 saturated heterocycles. The summed E-state index contributed by atoms with van der Waals surface area (Å²) in [6.07, 6.45) is 0.832. The molecule has 0 spiro atoms. The summed E-state index contributed by atoms with van der Waals surface area (Å²) in [6.45, 7) is 2.40. The molecule has 3 N–H and O–H groups in total. The number of nitrogens with two attached hydrogens (primary N) is 1. The predicted molar refractivity (Wildman–Crippen MR) is 84.0 cm³/mol. The number of carbonyl (C=O) groups excluding carboxylic acids is 1. The number of hydrogen-bond donors (Lipinski definition) is 2. The van der Waals surface area contributed by atoms with E-state index in [1.165, 1.54) is 11.3 Å². The molecule has 3 nitrogen and oxygen atoms in total. The molecule has 0 bridgehead atoms. The molecule has 0 unspecified atom stereocenters. The Labute approximate surface area is 122 Å². The van der Waals surface area contributed by atoms with Crippen LogP contribution >= 0.6 is 11.3 Å². The Balaban J connectivity index is 2.21. The van der Waals surface area contributed by atoms with Gasteiger partial charge in [-0.25, -0.2) is 0 Å². The van der Waals surface area contributed by atoms with E-state index in [-0.39, 0.29) is 5.91 Å². The van der Waals surface area contributed by atoms with Crippen molar-refractivity contribution < 1.29 is 4.79 Å². The summed E-state index contributed by atoms with van der Waals surface area (Å²) in [5.74, 6) is 5.76. The van der Waals surface area contributed by atoms with E-state index < -0.39 is 0 Å². The van der Waals surface area contributed by atoms with Crippen LogP contribution in [0.1, 0.15) is 27.7 Å². The first-order valence-electron chi connectivity index (χ1n) is 6.41. The molecule has 1 aromatic heterocycles. The monoisotopic (exact) mass is 284 g/mol. The molecule has 102 valence electrons. The van der Waals surface area contributed by atoms with Gasteiger partial charge in [0.15, 0.2) is 0 Å². The fraction of sp³-hybridized carbons (Fsp3) is 0.188. The maximum Gasteiger partial charge on any atom is 0.265 e. The molecule has 2 rings (SSSR count). The minimum Gasteiger partial charge on any atom is -0.321 e. The molecule has 4 heteroatoms. The van der Waals surface area contributed by atoms with Crippen molar-refractivity contribution in [3.63, 3.8) is 0 Å². The summed E-state index contributed by atoms with van der Waals surface area (Å²) in [5, 5.41) is 4.84. The van der Waals surface area contributed by atoms with E-state index in [1.54, 1.807) is 0 Å². The molecule has 0 atom stereocenters. The van der Waals surface area contributed by atoms with E-state index in [4.69, 9.17) is 5.73 Å². The van der Waals surface area contributed by atoms with Crippen molar-refractivity contribution in [2.24, 2.45) is 5.73 Å². The topological polar surface area (TPSA) is 55.1 Å². The Hall–Kier alpha value is -2.09. The fourth-order valence-corrected chi connectivity index (χ4v) is 2.45. The van der Waals surface area contributed by atoms with Gasteiger partial charge in [0.25, 0.3) is 5.91 Å². The Morgan fingerprint density at radius 1 is 1.40 bits per heavy atom. The summed E-state index contributed by atoms with van der Waals surface area (Å²) in [6, 6.07) is 9.46. The van der Waals surface area contributed by atoms with Crippen LogP contribution in [-0.4, -0.2) is 12.5 Å². The van der Waals surface area contributed by atoms with Crippen molar-refractivity contribution in [1.29, 1.82) is 0 Å². The maximum atomic E-state index is 12.1. The molecule has 0 aliphatic heterocycles. The zero-order chi connectivity index (χ0) is 14.4. The first kappa shape index (κ1) is 14.3. The van der Waals surface area contributed by atoms with Crippen LogP contribution < -0.4 is 11.1 Å². The highest BCUT2D eigenvalue weighted by Gasteiger charge is 2.09. The molecular formula is C16H16N2OS. The van der Waals surface area contributed by atoms with Gasteiger partial charge in [-0.15, -0.1) is 11.3 Å². The molecule has 1 heterocycles. The van der Waals surface area contributed by atoms with Gasteiger partial charge in [-0.1, -0.05) is 24.8 Å². The van der Waals surface area contributed by atoms with Crippen LogP contribution in [0.25, 0.3) is 0 Å². The lowest BCUT2D eigenvalue weighted by atomic mass is 10.1. The number of benzene rings is 1. The van der Waals surface area contributed by atoms with Crippen molar-refractivity contribution in [3.8, 4) is 11.8 Å². The molecule has 0 aliphatic carbocycles. The second-order valence-electron chi connectivity index (χ2n) is 4.16. The van der Waals surface area contributed by atoms with Crippen molar-refractivity contribution in [2.75, 3.05) is 11.9 Å². The van der Waals surface area contributed by atoms with Crippen molar-refractivity contribution in [2.45, 2.75) is 13.3 Å². The van der Waals surface area contributed by atoms with Gasteiger partial charge < -0.3 is 11.1 Å². The zero-order valence-corrected chi connectivity index (χ0v) is 12.1. The quantitative estimate of drug-likeness (QED) is 0.852. The van der Waals surface area contributed by atoms with Crippen molar-refractivity contribution in [3.05, 3.63) is 51.7 Å². The largest absolute Gasteiger partial charge is 0.321 e. The zero-order valence-electron chi connectivity index (χ0n) is 11.3. The third-order valence-electron chi connectivity index (χ3n) is 2.81. The first-order valence-corrected chi connectivity index (χ1v) is 7.29. The van der Waals surface area contributed by atoms with Gasteiger partial charge in [0.1, 0.15) is 0 Å². The highest BCUT2D eigenvalue weighted by atomic mass is 32.1. The van der Waals surface area contributed by atoms with Gasteiger partial charge in [0, 0.05) is 11.3 Å². The SMILES string of the molecule is CCc1cc(C#CCN)ccc1NC(=O)c1cccs1. The summed E-state index contributed by atoms with van der Waals surface area (Å²) in [7, 11) is 0. The van der Waals surface area contributed by atoms with E-state index in [2.05, 4.69) is 24.1 Å². The van der Waals surface area contributed by atoms with E-state index in [0.29, 0.717) is 11.4 Å². The Morgan fingerprint density at radius 2 is 2.25 bits per heavy atom. The summed E-state index contributed by atoms with van der Waals surface area (Å²) in [4.78, 5) is 12.8. The third-order valence-corrected chi connectivity index (χ3v) is 3.68. The molecule has 0 fully saturated rings. The van der Waals surface area contributed by atoms with Crippen LogP contribution in [0.15, 0.2) is 35.7 Å². The average molecular weight is 284 g/mol. The van der Waals surface area contributed by atoms with E-state index in [9.17, 15) is 4.79 Å². The van der Waals surface area contributed by atoms with Gasteiger partial charge in [-0.05, 0) is 41.6 Å². The minimum absolute atomic E-state index is 0.0736. The minimum atomic E-state index is -0.0736. The van der Waals surface area contributed by atoms with Crippen LogP contribution in [0, 0.1) is 11.8 Å². The number of carbonyl (C=O) groups is 1. The Kier molecular flexibility index (Phi) is 4.94. The molecule has 1 aromatic carbocycles. The smallest absolute Gasteiger partial charge is 0.265 e. The maximum absolute atomic E-state index is 12.1. The second-order valence-corrected chi connectivity index (χ2v) is 5.11. The van der Waals surface area contributed by atoms with Gasteiger partial charge in [0.05, 0.1) is 11.4 Å². The molecule has 0 radical (unpaired) electrons. The van der Waals surface area contributed by atoms with Crippen LogP contribution in [-0.2, 0) is 6.42 Å². The molecule has 1 amide bonds. The summed E-state index contributed by atoms with van der Waals surface area (Å²) >= 11 is 1.43. The lowest BCUT2D eigenvalue weighted by Gasteiger charge is -2.09. The predicted octanol–water partition coefficient (Wildman–Crippen LogP) is 2.87. The lowest BCUT2D eigenvalue weighted by Crippen LogP contribution is -2.11. The number of aryl methyl sites for hydroxylation is 1. The highest BCUT2D eigenvalue weighted by Crippen LogP contribution is 2.20. The number of hydrogen-bond acceptors (Lipinski definition) is 3. The fourth-order valence-electron chi connectivity index (χ4n) is 1.83.